The van der Waals surface area contributed by atoms with Gasteiger partial charge in [-0.1, -0.05) is 37.1 Å². The first-order chi connectivity index (χ1) is 13.5. The van der Waals surface area contributed by atoms with E-state index in [1.807, 2.05) is 17.8 Å². The molecule has 1 amide bonds. The Morgan fingerprint density at radius 1 is 1.11 bits per heavy atom. The van der Waals surface area contributed by atoms with Crippen LogP contribution in [-0.4, -0.2) is 31.9 Å². The lowest BCUT2D eigenvalue weighted by Crippen LogP contribution is -2.26. The summed E-state index contributed by atoms with van der Waals surface area (Å²) >= 11 is 1.91. The largest absolute Gasteiger partial charge is 0.351 e. The van der Waals surface area contributed by atoms with Crippen molar-refractivity contribution in [1.82, 2.24) is 5.32 Å². The van der Waals surface area contributed by atoms with Gasteiger partial charge in [-0.15, -0.1) is 0 Å². The summed E-state index contributed by atoms with van der Waals surface area (Å²) in [4.78, 5) is 12.6. The van der Waals surface area contributed by atoms with Crippen molar-refractivity contribution in [1.29, 1.82) is 0 Å². The van der Waals surface area contributed by atoms with Crippen molar-refractivity contribution in [2.75, 3.05) is 17.0 Å². The molecule has 28 heavy (non-hydrogen) atoms. The van der Waals surface area contributed by atoms with Crippen LogP contribution >= 0.6 is 11.8 Å². The number of anilines is 1. The van der Waals surface area contributed by atoms with Crippen LogP contribution in [0.5, 0.6) is 0 Å². The Bertz CT molecular complexity index is 909. The van der Waals surface area contributed by atoms with Crippen molar-refractivity contribution in [3.05, 3.63) is 59.7 Å². The summed E-state index contributed by atoms with van der Waals surface area (Å²) in [6.07, 6.45) is 5.15. The summed E-state index contributed by atoms with van der Waals surface area (Å²) in [6.45, 7) is 2.30. The van der Waals surface area contributed by atoms with Crippen LogP contribution in [0.2, 0.25) is 0 Å². The van der Waals surface area contributed by atoms with Crippen LogP contribution in [0.4, 0.5) is 5.69 Å². The highest BCUT2D eigenvalue weighted by molar-refractivity contribution is 7.99. The Morgan fingerprint density at radius 3 is 2.54 bits per heavy atom. The third-order valence-electron chi connectivity index (χ3n) is 4.81. The van der Waals surface area contributed by atoms with Gasteiger partial charge in [-0.3, -0.25) is 9.52 Å². The first kappa shape index (κ1) is 20.7. The molecule has 0 aliphatic heterocycles. The van der Waals surface area contributed by atoms with Gasteiger partial charge >= 0.3 is 0 Å². The minimum atomic E-state index is -3.77. The number of hydrogen-bond acceptors (Lipinski definition) is 4. The summed E-state index contributed by atoms with van der Waals surface area (Å²) in [5, 5.41) is 3.62. The van der Waals surface area contributed by atoms with Crippen molar-refractivity contribution in [2.24, 2.45) is 0 Å². The number of sulfonamides is 1. The van der Waals surface area contributed by atoms with Gasteiger partial charge in [0.05, 0.1) is 4.90 Å². The van der Waals surface area contributed by atoms with Crippen LogP contribution in [0.15, 0.2) is 53.4 Å². The quantitative estimate of drug-likeness (QED) is 0.630. The van der Waals surface area contributed by atoms with Gasteiger partial charge in [0.1, 0.15) is 0 Å². The zero-order valence-electron chi connectivity index (χ0n) is 16.0. The molecule has 150 valence electrons. The first-order valence-corrected chi connectivity index (χ1v) is 12.1. The van der Waals surface area contributed by atoms with Crippen LogP contribution < -0.4 is 10.0 Å². The normalized spacial score (nSPS) is 14.8. The second-order valence-electron chi connectivity index (χ2n) is 6.98. The number of aryl methyl sites for hydroxylation is 1. The lowest BCUT2D eigenvalue weighted by atomic mass is 10.1. The smallest absolute Gasteiger partial charge is 0.262 e. The Labute approximate surface area is 171 Å². The van der Waals surface area contributed by atoms with E-state index in [-0.39, 0.29) is 10.8 Å². The van der Waals surface area contributed by atoms with Gasteiger partial charge in [-0.05, 0) is 49.6 Å². The van der Waals surface area contributed by atoms with Crippen LogP contribution in [0.1, 0.15) is 41.6 Å². The van der Waals surface area contributed by atoms with Gasteiger partial charge in [0.25, 0.3) is 15.9 Å². The van der Waals surface area contributed by atoms with Gasteiger partial charge in [-0.25, -0.2) is 8.42 Å². The topological polar surface area (TPSA) is 75.3 Å². The standard InChI is InChI=1S/C21H26N2O3S2/c1-16-11-12-17(21(24)22-13-14-27-19-9-5-6-10-19)15-20(16)28(25,26)23-18-7-3-2-4-8-18/h2-4,7-8,11-12,15,19,23H,5-6,9-10,13-14H2,1H3,(H,22,24). The van der Waals surface area contributed by atoms with E-state index in [0.29, 0.717) is 23.4 Å². The highest BCUT2D eigenvalue weighted by atomic mass is 32.2. The number of amides is 1. The predicted octanol–water partition coefficient (Wildman–Crippen LogP) is 4.20. The molecular weight excluding hydrogens is 392 g/mol. The monoisotopic (exact) mass is 418 g/mol. The van der Waals surface area contributed by atoms with Crippen molar-refractivity contribution in [3.63, 3.8) is 0 Å². The summed E-state index contributed by atoms with van der Waals surface area (Å²) in [5.41, 5.74) is 1.43. The Hall–Kier alpha value is -1.99. The highest BCUT2D eigenvalue weighted by Crippen LogP contribution is 2.29. The van der Waals surface area contributed by atoms with Crippen molar-refractivity contribution in [3.8, 4) is 0 Å². The van der Waals surface area contributed by atoms with E-state index in [2.05, 4.69) is 10.0 Å². The summed E-state index contributed by atoms with van der Waals surface area (Å²) in [5.74, 6) is 0.631. The van der Waals surface area contributed by atoms with E-state index in [9.17, 15) is 13.2 Å². The molecule has 3 rings (SSSR count). The fourth-order valence-corrected chi connectivity index (χ4v) is 5.84. The van der Waals surface area contributed by atoms with Gasteiger partial charge in [-0.2, -0.15) is 11.8 Å². The molecule has 1 saturated carbocycles. The summed E-state index contributed by atoms with van der Waals surface area (Å²) < 4.78 is 28.1. The van der Waals surface area contributed by atoms with E-state index in [4.69, 9.17) is 0 Å². The Kier molecular flexibility index (Phi) is 7.02. The van der Waals surface area contributed by atoms with E-state index in [1.165, 1.54) is 31.7 Å². The van der Waals surface area contributed by atoms with Crippen LogP contribution in [-0.2, 0) is 10.0 Å². The van der Waals surface area contributed by atoms with Crippen molar-refractivity contribution >= 4 is 33.4 Å². The second kappa shape index (κ2) is 9.47. The molecule has 0 aromatic heterocycles. The minimum Gasteiger partial charge on any atom is -0.351 e. The molecule has 0 atom stereocenters. The molecular formula is C21H26N2O3S2. The predicted molar refractivity (Wildman–Crippen MR) is 115 cm³/mol. The van der Waals surface area contributed by atoms with Gasteiger partial charge in [0.15, 0.2) is 0 Å². The molecule has 0 bridgehead atoms. The van der Waals surface area contributed by atoms with Gasteiger partial charge in [0, 0.05) is 28.8 Å². The maximum atomic E-state index is 12.8. The molecule has 0 saturated heterocycles. The molecule has 2 aromatic carbocycles. The fraction of sp³-hybridized carbons (Fsp3) is 0.381. The van der Waals surface area contributed by atoms with Gasteiger partial charge < -0.3 is 5.32 Å². The molecule has 0 radical (unpaired) electrons. The molecule has 0 unspecified atom stereocenters. The average molecular weight is 419 g/mol. The van der Waals surface area contributed by atoms with E-state index in [0.717, 1.165) is 11.0 Å². The lowest BCUT2D eigenvalue weighted by Gasteiger charge is -2.13. The number of thioether (sulfide) groups is 1. The molecule has 1 aliphatic rings. The molecule has 2 N–H and O–H groups in total. The van der Waals surface area contributed by atoms with E-state index >= 15 is 0 Å². The molecule has 0 spiro atoms. The molecule has 1 aliphatic carbocycles. The lowest BCUT2D eigenvalue weighted by molar-refractivity contribution is 0.0956. The second-order valence-corrected chi connectivity index (χ2v) is 10.0. The molecule has 7 heteroatoms. The first-order valence-electron chi connectivity index (χ1n) is 9.54. The highest BCUT2D eigenvalue weighted by Gasteiger charge is 2.19. The fourth-order valence-electron chi connectivity index (χ4n) is 3.29. The van der Waals surface area contributed by atoms with E-state index < -0.39 is 10.0 Å². The number of hydrogen-bond donors (Lipinski definition) is 2. The van der Waals surface area contributed by atoms with Crippen molar-refractivity contribution < 1.29 is 13.2 Å². The molecule has 2 aromatic rings. The third kappa shape index (κ3) is 5.52. The number of para-hydroxylation sites is 1. The van der Waals surface area contributed by atoms with Gasteiger partial charge in [0.2, 0.25) is 0 Å². The van der Waals surface area contributed by atoms with Crippen LogP contribution in [0.25, 0.3) is 0 Å². The number of carbonyl (C=O) groups is 1. The number of carbonyl (C=O) groups excluding carboxylic acids is 1. The zero-order valence-corrected chi connectivity index (χ0v) is 17.6. The van der Waals surface area contributed by atoms with Crippen LogP contribution in [0.3, 0.4) is 0 Å². The molecule has 5 nitrogen and oxygen atoms in total. The maximum absolute atomic E-state index is 12.8. The molecule has 0 heterocycles. The van der Waals surface area contributed by atoms with E-state index in [1.54, 1.807) is 43.3 Å². The number of rotatable bonds is 8. The minimum absolute atomic E-state index is 0.115. The van der Waals surface area contributed by atoms with Crippen molar-refractivity contribution in [2.45, 2.75) is 42.8 Å². The Balaban J connectivity index is 1.63. The summed E-state index contributed by atoms with van der Waals surface area (Å²) in [6, 6.07) is 13.5. The molecule has 1 fully saturated rings. The zero-order chi connectivity index (χ0) is 20.0. The third-order valence-corrected chi connectivity index (χ3v) is 7.72. The summed E-state index contributed by atoms with van der Waals surface area (Å²) in [7, 11) is -3.77. The van der Waals surface area contributed by atoms with Crippen LogP contribution in [0, 0.1) is 6.92 Å². The average Bonchev–Trinajstić information content (AvgIpc) is 3.19. The SMILES string of the molecule is Cc1ccc(C(=O)NCCSC2CCCC2)cc1S(=O)(=O)Nc1ccccc1. The Morgan fingerprint density at radius 2 is 1.82 bits per heavy atom. The maximum Gasteiger partial charge on any atom is 0.262 e. The number of benzene rings is 2. The number of nitrogens with one attached hydrogen (secondary N) is 2.